The van der Waals surface area contributed by atoms with Gasteiger partial charge in [-0.3, -0.25) is 4.79 Å². The maximum atomic E-state index is 10.0. The molecule has 1 N–H and O–H groups in total. The van der Waals surface area contributed by atoms with E-state index in [0.717, 1.165) is 26.1 Å². The van der Waals surface area contributed by atoms with Crippen LogP contribution in [0.2, 0.25) is 0 Å². The molecule has 0 atom stereocenters. The molecule has 0 unspecified atom stereocenters. The standard InChI is InChI=1S/C13H26O.C2H4O2/c1-2-3-4-5-6-7-8-9-10-11-12-13-14;1-2(3)4/h13H,2-12H2,1H3;1H3,(H,3,4). The van der Waals surface area contributed by atoms with E-state index in [1.54, 1.807) is 0 Å². The van der Waals surface area contributed by atoms with Gasteiger partial charge in [0.1, 0.15) is 6.29 Å². The third-order valence-corrected chi connectivity index (χ3v) is 2.68. The molecule has 0 fully saturated rings. The van der Waals surface area contributed by atoms with Crippen LogP contribution in [0.15, 0.2) is 0 Å². The van der Waals surface area contributed by atoms with Crippen molar-refractivity contribution < 1.29 is 14.7 Å². The highest BCUT2D eigenvalue weighted by Gasteiger charge is 1.91. The lowest BCUT2D eigenvalue weighted by Gasteiger charge is -2.00. The van der Waals surface area contributed by atoms with E-state index in [4.69, 9.17) is 9.90 Å². The van der Waals surface area contributed by atoms with Crippen LogP contribution in [0.4, 0.5) is 0 Å². The number of carbonyl (C=O) groups excluding carboxylic acids is 1. The first-order chi connectivity index (χ1) is 8.65. The summed E-state index contributed by atoms with van der Waals surface area (Å²) in [5, 5.41) is 7.42. The number of rotatable bonds is 11. The van der Waals surface area contributed by atoms with Gasteiger partial charge in [0, 0.05) is 13.3 Å². The second-order valence-electron chi connectivity index (χ2n) is 4.66. The van der Waals surface area contributed by atoms with Crippen LogP contribution in [-0.4, -0.2) is 17.4 Å². The van der Waals surface area contributed by atoms with Crippen LogP contribution >= 0.6 is 0 Å². The van der Waals surface area contributed by atoms with Gasteiger partial charge in [0.2, 0.25) is 0 Å². The summed E-state index contributed by atoms with van der Waals surface area (Å²) in [5.74, 6) is -0.833. The number of aldehydes is 1. The highest BCUT2D eigenvalue weighted by atomic mass is 16.4. The van der Waals surface area contributed by atoms with E-state index in [-0.39, 0.29) is 0 Å². The van der Waals surface area contributed by atoms with E-state index < -0.39 is 5.97 Å². The van der Waals surface area contributed by atoms with Gasteiger partial charge in [-0.2, -0.15) is 0 Å². The minimum Gasteiger partial charge on any atom is -0.481 e. The van der Waals surface area contributed by atoms with Crippen LogP contribution in [0.25, 0.3) is 0 Å². The summed E-state index contributed by atoms with van der Waals surface area (Å²) in [4.78, 5) is 19.0. The van der Waals surface area contributed by atoms with Gasteiger partial charge in [-0.15, -0.1) is 0 Å². The lowest BCUT2D eigenvalue weighted by molar-refractivity contribution is -0.134. The van der Waals surface area contributed by atoms with Crippen LogP contribution in [0, 0.1) is 0 Å². The molecule has 0 rings (SSSR count). The van der Waals surface area contributed by atoms with Crippen molar-refractivity contribution in [1.82, 2.24) is 0 Å². The zero-order valence-electron chi connectivity index (χ0n) is 12.1. The van der Waals surface area contributed by atoms with Gasteiger partial charge in [-0.1, -0.05) is 64.7 Å². The van der Waals surface area contributed by atoms with Gasteiger partial charge < -0.3 is 9.90 Å². The normalized spacial score (nSPS) is 9.44. The van der Waals surface area contributed by atoms with Crippen molar-refractivity contribution in [2.45, 2.75) is 84.5 Å². The number of unbranched alkanes of at least 4 members (excludes halogenated alkanes) is 10. The molecule has 0 aliphatic heterocycles. The molecular weight excluding hydrogens is 228 g/mol. The molecule has 0 saturated carbocycles. The van der Waals surface area contributed by atoms with Crippen molar-refractivity contribution in [3.05, 3.63) is 0 Å². The Morgan fingerprint density at radius 2 is 1.22 bits per heavy atom. The maximum Gasteiger partial charge on any atom is 0.300 e. The first-order valence-corrected chi connectivity index (χ1v) is 7.28. The lowest BCUT2D eigenvalue weighted by Crippen LogP contribution is -1.82. The Bertz CT molecular complexity index is 175. The van der Waals surface area contributed by atoms with Gasteiger partial charge in [0.05, 0.1) is 0 Å². The van der Waals surface area contributed by atoms with Crippen molar-refractivity contribution in [1.29, 1.82) is 0 Å². The molecule has 0 aromatic rings. The zero-order valence-corrected chi connectivity index (χ0v) is 12.1. The molecule has 18 heavy (non-hydrogen) atoms. The quantitative estimate of drug-likeness (QED) is 0.435. The van der Waals surface area contributed by atoms with Crippen molar-refractivity contribution in [2.24, 2.45) is 0 Å². The Balaban J connectivity index is 0. The zero-order chi connectivity index (χ0) is 14.1. The van der Waals surface area contributed by atoms with E-state index >= 15 is 0 Å². The van der Waals surface area contributed by atoms with Crippen molar-refractivity contribution in [3.8, 4) is 0 Å². The minimum atomic E-state index is -0.833. The van der Waals surface area contributed by atoms with E-state index in [2.05, 4.69) is 6.92 Å². The largest absolute Gasteiger partial charge is 0.481 e. The monoisotopic (exact) mass is 258 g/mol. The predicted molar refractivity (Wildman–Crippen MR) is 75.8 cm³/mol. The van der Waals surface area contributed by atoms with Gasteiger partial charge >= 0.3 is 0 Å². The fourth-order valence-corrected chi connectivity index (χ4v) is 1.72. The van der Waals surface area contributed by atoms with E-state index in [9.17, 15) is 4.79 Å². The van der Waals surface area contributed by atoms with Gasteiger partial charge in [-0.05, 0) is 6.42 Å². The molecule has 3 heteroatoms. The van der Waals surface area contributed by atoms with Crippen LogP contribution in [0.3, 0.4) is 0 Å². The molecule has 3 nitrogen and oxygen atoms in total. The number of carboxylic acid groups (broad SMARTS) is 1. The van der Waals surface area contributed by atoms with Gasteiger partial charge in [0.15, 0.2) is 0 Å². The first-order valence-electron chi connectivity index (χ1n) is 7.28. The summed E-state index contributed by atoms with van der Waals surface area (Å²) in [6.07, 6.45) is 15.2. The minimum absolute atomic E-state index is 0.760. The molecule has 0 spiro atoms. The fraction of sp³-hybridized carbons (Fsp3) is 0.867. The molecule has 0 bridgehead atoms. The molecule has 0 aliphatic rings. The second kappa shape index (κ2) is 18.5. The van der Waals surface area contributed by atoms with Crippen LogP contribution < -0.4 is 0 Å². The Kier molecular flexibility index (Phi) is 20.0. The molecule has 0 aromatic carbocycles. The summed E-state index contributed by atoms with van der Waals surface area (Å²) < 4.78 is 0. The van der Waals surface area contributed by atoms with Crippen LogP contribution in [0.5, 0.6) is 0 Å². The van der Waals surface area contributed by atoms with Crippen LogP contribution in [0.1, 0.15) is 84.5 Å². The summed E-state index contributed by atoms with van der Waals surface area (Å²) in [6.45, 7) is 3.34. The van der Waals surface area contributed by atoms with E-state index in [1.165, 1.54) is 57.8 Å². The first kappa shape index (κ1) is 19.5. The number of carboxylic acids is 1. The number of hydrogen-bond donors (Lipinski definition) is 1. The van der Waals surface area contributed by atoms with Crippen LogP contribution in [-0.2, 0) is 9.59 Å². The number of carbonyl (C=O) groups is 2. The Morgan fingerprint density at radius 3 is 1.56 bits per heavy atom. The maximum absolute atomic E-state index is 10.0. The summed E-state index contributed by atoms with van der Waals surface area (Å²) in [7, 11) is 0. The Hall–Kier alpha value is -0.860. The van der Waals surface area contributed by atoms with Gasteiger partial charge in [-0.25, -0.2) is 0 Å². The Labute approximate surface area is 112 Å². The summed E-state index contributed by atoms with van der Waals surface area (Å²) in [6, 6.07) is 0. The second-order valence-corrected chi connectivity index (χ2v) is 4.66. The van der Waals surface area contributed by atoms with Crippen molar-refractivity contribution in [2.75, 3.05) is 0 Å². The topological polar surface area (TPSA) is 54.4 Å². The smallest absolute Gasteiger partial charge is 0.300 e. The average molecular weight is 258 g/mol. The van der Waals surface area contributed by atoms with E-state index in [1.807, 2.05) is 0 Å². The molecular formula is C15H30O3. The summed E-state index contributed by atoms with van der Waals surface area (Å²) >= 11 is 0. The fourth-order valence-electron chi connectivity index (χ4n) is 1.72. The predicted octanol–water partition coefficient (Wildman–Crippen LogP) is 4.59. The molecule has 0 heterocycles. The highest BCUT2D eigenvalue weighted by Crippen LogP contribution is 2.10. The van der Waals surface area contributed by atoms with Crippen molar-refractivity contribution >= 4 is 12.3 Å². The molecule has 0 radical (unpaired) electrons. The number of aliphatic carboxylic acids is 1. The molecule has 0 saturated heterocycles. The third kappa shape index (κ3) is 29.4. The molecule has 108 valence electrons. The van der Waals surface area contributed by atoms with Crippen molar-refractivity contribution in [3.63, 3.8) is 0 Å². The summed E-state index contributed by atoms with van der Waals surface area (Å²) in [5.41, 5.74) is 0. The third-order valence-electron chi connectivity index (χ3n) is 2.68. The molecule has 0 amide bonds. The number of hydrogen-bond acceptors (Lipinski definition) is 2. The Morgan fingerprint density at radius 1 is 0.889 bits per heavy atom. The van der Waals surface area contributed by atoms with E-state index in [0.29, 0.717) is 0 Å². The SMILES string of the molecule is CC(=O)O.CCCCCCCCCCCCC=O. The van der Waals surface area contributed by atoms with Gasteiger partial charge in [0.25, 0.3) is 5.97 Å². The molecule has 0 aliphatic carbocycles. The highest BCUT2D eigenvalue weighted by molar-refractivity contribution is 5.62. The molecule has 0 aromatic heterocycles. The average Bonchev–Trinajstić information content (AvgIpc) is 2.31. The lowest BCUT2D eigenvalue weighted by atomic mass is 10.1.